The van der Waals surface area contributed by atoms with Crippen molar-refractivity contribution in [3.05, 3.63) is 35.4 Å². The van der Waals surface area contributed by atoms with Gasteiger partial charge in [0.05, 0.1) is 7.11 Å². The van der Waals surface area contributed by atoms with Crippen LogP contribution in [0.5, 0.6) is 5.75 Å². The molecular formula is C15H18F3NO4. The van der Waals surface area contributed by atoms with Gasteiger partial charge in [-0.3, -0.25) is 4.79 Å². The zero-order valence-corrected chi connectivity index (χ0v) is 12.9. The van der Waals surface area contributed by atoms with Gasteiger partial charge in [0, 0.05) is 31.9 Å². The summed E-state index contributed by atoms with van der Waals surface area (Å²) in [5, 5.41) is 1.75. The van der Waals surface area contributed by atoms with Crippen LogP contribution in [-0.4, -0.2) is 40.0 Å². The number of halogens is 3. The second-order valence-electron chi connectivity index (χ2n) is 4.41. The van der Waals surface area contributed by atoms with Crippen molar-refractivity contribution in [3.8, 4) is 5.75 Å². The molecule has 0 heterocycles. The van der Waals surface area contributed by atoms with Gasteiger partial charge in [0.1, 0.15) is 5.75 Å². The Bertz CT molecular complexity index is 554. The van der Waals surface area contributed by atoms with E-state index >= 15 is 0 Å². The molecule has 8 heteroatoms. The predicted molar refractivity (Wildman–Crippen MR) is 77.9 cm³/mol. The third-order valence-electron chi connectivity index (χ3n) is 2.89. The van der Waals surface area contributed by atoms with Gasteiger partial charge >= 0.3 is 12.1 Å². The van der Waals surface area contributed by atoms with Gasteiger partial charge in [-0.15, -0.1) is 0 Å². The van der Waals surface area contributed by atoms with Crippen LogP contribution in [-0.2, 0) is 14.3 Å². The summed E-state index contributed by atoms with van der Waals surface area (Å²) in [5.41, 5.74) is 1.33. The fourth-order valence-corrected chi connectivity index (χ4v) is 1.84. The molecule has 0 unspecified atom stereocenters. The summed E-state index contributed by atoms with van der Waals surface area (Å²) in [5.74, 6) is -1.46. The lowest BCUT2D eigenvalue weighted by Crippen LogP contribution is -2.36. The molecule has 128 valence electrons. The SMILES string of the molecule is COc1ccc(C(OC)OC)cc1/C=C/CNC(=O)C(F)(F)F. The fourth-order valence-electron chi connectivity index (χ4n) is 1.84. The van der Waals surface area contributed by atoms with Crippen molar-refractivity contribution in [2.75, 3.05) is 27.9 Å². The lowest BCUT2D eigenvalue weighted by molar-refractivity contribution is -0.173. The van der Waals surface area contributed by atoms with E-state index in [9.17, 15) is 18.0 Å². The van der Waals surface area contributed by atoms with Crippen molar-refractivity contribution < 1.29 is 32.2 Å². The second-order valence-corrected chi connectivity index (χ2v) is 4.41. The van der Waals surface area contributed by atoms with Crippen molar-refractivity contribution in [1.29, 1.82) is 0 Å². The van der Waals surface area contributed by atoms with E-state index in [0.29, 0.717) is 11.3 Å². The Morgan fingerprint density at radius 2 is 1.91 bits per heavy atom. The van der Waals surface area contributed by atoms with E-state index in [1.54, 1.807) is 29.6 Å². The van der Waals surface area contributed by atoms with Gasteiger partial charge in [0.25, 0.3) is 0 Å². The van der Waals surface area contributed by atoms with Gasteiger partial charge in [-0.05, 0) is 12.1 Å². The molecule has 0 spiro atoms. The fraction of sp³-hybridized carbons (Fsp3) is 0.400. The molecule has 1 N–H and O–H groups in total. The normalized spacial score (nSPS) is 12.0. The minimum atomic E-state index is -4.89. The molecule has 1 aromatic rings. The van der Waals surface area contributed by atoms with Crippen LogP contribution in [0.3, 0.4) is 0 Å². The van der Waals surface area contributed by atoms with Crippen LogP contribution >= 0.6 is 0 Å². The maximum Gasteiger partial charge on any atom is 0.471 e. The molecule has 1 amide bonds. The lowest BCUT2D eigenvalue weighted by atomic mass is 10.1. The third kappa shape index (κ3) is 5.57. The quantitative estimate of drug-likeness (QED) is 0.780. The Morgan fingerprint density at radius 1 is 1.26 bits per heavy atom. The highest BCUT2D eigenvalue weighted by atomic mass is 19.4. The molecule has 1 aromatic carbocycles. The summed E-state index contributed by atoms with van der Waals surface area (Å²) in [6, 6.07) is 5.16. The Balaban J connectivity index is 2.83. The molecule has 1 rings (SSSR count). The van der Waals surface area contributed by atoms with Crippen molar-refractivity contribution in [3.63, 3.8) is 0 Å². The Hall–Kier alpha value is -2.06. The first-order valence-corrected chi connectivity index (χ1v) is 6.58. The van der Waals surface area contributed by atoms with Crippen LogP contribution in [0.15, 0.2) is 24.3 Å². The van der Waals surface area contributed by atoms with Crippen molar-refractivity contribution in [2.45, 2.75) is 12.5 Å². The molecule has 0 aliphatic rings. The summed E-state index contributed by atoms with van der Waals surface area (Å²) in [4.78, 5) is 10.7. The molecule has 0 fully saturated rings. The average Bonchev–Trinajstić information content (AvgIpc) is 2.51. The minimum absolute atomic E-state index is 0.260. The van der Waals surface area contributed by atoms with Crippen LogP contribution in [0.4, 0.5) is 13.2 Å². The monoisotopic (exact) mass is 333 g/mol. The van der Waals surface area contributed by atoms with Gasteiger partial charge in [-0.25, -0.2) is 0 Å². The number of alkyl halides is 3. The number of nitrogens with one attached hydrogen (secondary N) is 1. The Kier molecular flexibility index (Phi) is 7.05. The molecule has 0 aliphatic carbocycles. The Morgan fingerprint density at radius 3 is 2.43 bits per heavy atom. The number of rotatable bonds is 7. The first-order chi connectivity index (χ1) is 10.8. The second kappa shape index (κ2) is 8.54. The van der Waals surface area contributed by atoms with E-state index in [1.807, 2.05) is 0 Å². The predicted octanol–water partition coefficient (Wildman–Crippen LogP) is 2.68. The molecule has 0 atom stereocenters. The summed E-state index contributed by atoms with van der Waals surface area (Å²) in [7, 11) is 4.45. The van der Waals surface area contributed by atoms with Gasteiger partial charge in [-0.2, -0.15) is 13.2 Å². The molecule has 0 saturated carbocycles. The van der Waals surface area contributed by atoms with E-state index < -0.39 is 18.4 Å². The third-order valence-corrected chi connectivity index (χ3v) is 2.89. The van der Waals surface area contributed by atoms with Crippen molar-refractivity contribution in [2.24, 2.45) is 0 Å². The topological polar surface area (TPSA) is 56.8 Å². The molecular weight excluding hydrogens is 315 g/mol. The van der Waals surface area contributed by atoms with Gasteiger partial charge < -0.3 is 19.5 Å². The van der Waals surface area contributed by atoms with E-state index in [4.69, 9.17) is 14.2 Å². The summed E-state index contributed by atoms with van der Waals surface area (Å²) in [6.07, 6.45) is -2.53. The van der Waals surface area contributed by atoms with E-state index in [-0.39, 0.29) is 6.54 Å². The number of hydrogen-bond donors (Lipinski definition) is 1. The number of carbonyl (C=O) groups excluding carboxylic acids is 1. The zero-order valence-electron chi connectivity index (χ0n) is 12.9. The van der Waals surface area contributed by atoms with Gasteiger partial charge in [-0.1, -0.05) is 18.2 Å². The lowest BCUT2D eigenvalue weighted by Gasteiger charge is -2.15. The maximum atomic E-state index is 12.1. The first kappa shape index (κ1) is 19.0. The molecule has 0 radical (unpaired) electrons. The number of ether oxygens (including phenoxy) is 3. The van der Waals surface area contributed by atoms with Gasteiger partial charge in [0.15, 0.2) is 6.29 Å². The summed E-state index contributed by atoms with van der Waals surface area (Å²) < 4.78 is 51.6. The highest BCUT2D eigenvalue weighted by molar-refractivity contribution is 5.81. The molecule has 0 saturated heterocycles. The number of hydrogen-bond acceptors (Lipinski definition) is 4. The molecule has 0 aliphatic heterocycles. The standard InChI is InChI=1S/C15H18F3NO4/c1-21-12-7-6-11(13(22-2)23-3)9-10(12)5-4-8-19-14(20)15(16,17)18/h4-7,9,13H,8H2,1-3H3,(H,19,20)/b5-4+. The summed E-state index contributed by atoms with van der Waals surface area (Å²) >= 11 is 0. The average molecular weight is 333 g/mol. The number of carbonyl (C=O) groups is 1. The Labute approximate surface area is 132 Å². The van der Waals surface area contributed by atoms with Crippen LogP contribution < -0.4 is 10.1 Å². The van der Waals surface area contributed by atoms with Gasteiger partial charge in [0.2, 0.25) is 0 Å². The molecule has 0 aromatic heterocycles. The molecule has 5 nitrogen and oxygen atoms in total. The van der Waals surface area contributed by atoms with E-state index in [2.05, 4.69) is 0 Å². The summed E-state index contributed by atoms with van der Waals surface area (Å²) in [6.45, 7) is -0.260. The van der Waals surface area contributed by atoms with Crippen molar-refractivity contribution >= 4 is 12.0 Å². The van der Waals surface area contributed by atoms with E-state index in [0.717, 1.165) is 5.56 Å². The highest BCUT2D eigenvalue weighted by Gasteiger charge is 2.37. The molecule has 23 heavy (non-hydrogen) atoms. The van der Waals surface area contributed by atoms with E-state index in [1.165, 1.54) is 27.4 Å². The van der Waals surface area contributed by atoms with Crippen LogP contribution in [0.2, 0.25) is 0 Å². The largest absolute Gasteiger partial charge is 0.496 e. The smallest absolute Gasteiger partial charge is 0.471 e. The zero-order chi connectivity index (χ0) is 17.5. The van der Waals surface area contributed by atoms with Crippen molar-refractivity contribution in [1.82, 2.24) is 5.32 Å². The highest BCUT2D eigenvalue weighted by Crippen LogP contribution is 2.26. The van der Waals surface area contributed by atoms with Crippen LogP contribution in [0.25, 0.3) is 6.08 Å². The first-order valence-electron chi connectivity index (χ1n) is 6.58. The number of benzene rings is 1. The maximum absolute atomic E-state index is 12.1. The molecule has 0 bridgehead atoms. The van der Waals surface area contributed by atoms with Crippen LogP contribution in [0.1, 0.15) is 17.4 Å². The van der Waals surface area contributed by atoms with Crippen LogP contribution in [0, 0.1) is 0 Å². The minimum Gasteiger partial charge on any atom is -0.496 e. The number of amides is 1. The number of methoxy groups -OCH3 is 3.